The van der Waals surface area contributed by atoms with E-state index in [4.69, 9.17) is 14.2 Å². The molecule has 0 aromatic carbocycles. The van der Waals surface area contributed by atoms with E-state index < -0.39 is 26.8 Å². The molecule has 10 nitrogen and oxygen atoms in total. The first kappa shape index (κ1) is 15.7. The molecule has 0 bridgehead atoms. The standard InChI is InChI=1S/C2H5NO2.H2O7S2/c3-1-2(4)5;1-8(2,3)7-9(4,5)6/h1,3H2,(H,4,5);(H,1,2,3)(H,4,5,6). The lowest BCUT2D eigenvalue weighted by Crippen LogP contribution is -2.10. The molecule has 0 aliphatic rings. The van der Waals surface area contributed by atoms with Crippen LogP contribution in [0.4, 0.5) is 0 Å². The maximum atomic E-state index is 9.44. The van der Waals surface area contributed by atoms with Crippen LogP contribution >= 0.6 is 0 Å². The minimum Gasteiger partial charge on any atom is -0.480 e. The monoisotopic (exact) mass is 253 g/mol. The molecule has 0 heterocycles. The van der Waals surface area contributed by atoms with Gasteiger partial charge in [-0.15, -0.1) is 3.63 Å². The van der Waals surface area contributed by atoms with Crippen LogP contribution in [0.2, 0.25) is 0 Å². The normalized spacial score (nSPS) is 11.4. The van der Waals surface area contributed by atoms with Gasteiger partial charge in [0.1, 0.15) is 0 Å². The quantitative estimate of drug-likeness (QED) is 0.397. The number of aliphatic carboxylic acids is 1. The summed E-state index contributed by atoms with van der Waals surface area (Å²) in [7, 11) is -10.2. The van der Waals surface area contributed by atoms with Gasteiger partial charge in [-0.3, -0.25) is 13.9 Å². The Labute approximate surface area is 79.2 Å². The summed E-state index contributed by atoms with van der Waals surface area (Å²) in [6, 6.07) is 0. The number of hydrogen-bond donors (Lipinski definition) is 4. The van der Waals surface area contributed by atoms with Crippen molar-refractivity contribution in [2.24, 2.45) is 5.73 Å². The molecule has 0 unspecified atom stereocenters. The first-order chi connectivity index (χ1) is 5.98. The van der Waals surface area contributed by atoms with E-state index in [-0.39, 0.29) is 6.54 Å². The minimum absolute atomic E-state index is 0.278. The van der Waals surface area contributed by atoms with Crippen molar-refractivity contribution in [1.29, 1.82) is 0 Å². The van der Waals surface area contributed by atoms with E-state index in [0.29, 0.717) is 0 Å². The average molecular weight is 253 g/mol. The van der Waals surface area contributed by atoms with Crippen molar-refractivity contribution in [3.8, 4) is 0 Å². The first-order valence-corrected chi connectivity index (χ1v) is 5.28. The zero-order valence-corrected chi connectivity index (χ0v) is 8.03. The first-order valence-electron chi connectivity index (χ1n) is 2.55. The summed E-state index contributed by atoms with van der Waals surface area (Å²) in [5.74, 6) is -0.968. The predicted octanol–water partition coefficient (Wildman–Crippen LogP) is -2.36. The van der Waals surface area contributed by atoms with E-state index >= 15 is 0 Å². The highest BCUT2D eigenvalue weighted by atomic mass is 32.3. The molecule has 14 heavy (non-hydrogen) atoms. The van der Waals surface area contributed by atoms with Gasteiger partial charge < -0.3 is 10.8 Å². The van der Waals surface area contributed by atoms with Gasteiger partial charge in [-0.1, -0.05) is 0 Å². The third-order valence-corrected chi connectivity index (χ3v) is 1.72. The Morgan fingerprint density at radius 3 is 1.36 bits per heavy atom. The number of carboxylic acid groups (broad SMARTS) is 1. The fourth-order valence-corrected chi connectivity index (χ4v) is 0.978. The molecule has 0 saturated heterocycles. The van der Waals surface area contributed by atoms with Crippen molar-refractivity contribution in [2.45, 2.75) is 0 Å². The van der Waals surface area contributed by atoms with Crippen LogP contribution < -0.4 is 5.73 Å². The van der Waals surface area contributed by atoms with Crippen molar-refractivity contribution in [1.82, 2.24) is 0 Å². The Morgan fingerprint density at radius 2 is 1.36 bits per heavy atom. The zero-order valence-electron chi connectivity index (χ0n) is 6.39. The molecule has 0 radical (unpaired) electrons. The summed E-state index contributed by atoms with van der Waals surface area (Å²) in [4.78, 5) is 9.24. The molecule has 0 aromatic rings. The zero-order chi connectivity index (χ0) is 12.0. The molecule has 0 aliphatic heterocycles. The SMILES string of the molecule is NCC(=O)O.O=S(=O)(O)OS(=O)(=O)O. The highest BCUT2D eigenvalue weighted by Crippen LogP contribution is 1.91. The molecule has 0 atom stereocenters. The number of rotatable bonds is 3. The lowest BCUT2D eigenvalue weighted by molar-refractivity contribution is -0.135. The molecule has 0 amide bonds. The van der Waals surface area contributed by atoms with Gasteiger partial charge in [0.25, 0.3) is 0 Å². The topological polar surface area (TPSA) is 181 Å². The lowest BCUT2D eigenvalue weighted by atomic mass is 10.7. The van der Waals surface area contributed by atoms with Gasteiger partial charge in [0.15, 0.2) is 0 Å². The number of carboxylic acids is 1. The number of hydrogen-bond acceptors (Lipinski definition) is 7. The molecule has 12 heteroatoms. The fraction of sp³-hybridized carbons (Fsp3) is 0.500. The van der Waals surface area contributed by atoms with Crippen molar-refractivity contribution in [2.75, 3.05) is 6.54 Å². The summed E-state index contributed by atoms with van der Waals surface area (Å²) in [6.07, 6.45) is 0. The van der Waals surface area contributed by atoms with Crippen LogP contribution in [0.25, 0.3) is 0 Å². The second-order valence-electron chi connectivity index (χ2n) is 1.52. The third kappa shape index (κ3) is 22.5. The molecule has 0 aromatic heterocycles. The molecule has 86 valence electrons. The molecule has 0 rings (SSSR count). The maximum Gasteiger partial charge on any atom is 0.413 e. The minimum atomic E-state index is -5.12. The van der Waals surface area contributed by atoms with Crippen LogP contribution in [0.15, 0.2) is 0 Å². The van der Waals surface area contributed by atoms with Crippen LogP contribution in [-0.4, -0.2) is 43.6 Å². The van der Waals surface area contributed by atoms with Crippen LogP contribution in [0.1, 0.15) is 0 Å². The van der Waals surface area contributed by atoms with E-state index in [1.54, 1.807) is 0 Å². The molecule has 0 spiro atoms. The second kappa shape index (κ2) is 5.84. The summed E-state index contributed by atoms with van der Waals surface area (Å²) < 4.78 is 55.6. The van der Waals surface area contributed by atoms with E-state index in [0.717, 1.165) is 0 Å². The van der Waals surface area contributed by atoms with Gasteiger partial charge in [0, 0.05) is 0 Å². The summed E-state index contributed by atoms with van der Waals surface area (Å²) in [5.41, 5.74) is 4.57. The van der Waals surface area contributed by atoms with Crippen molar-refractivity contribution in [3.63, 3.8) is 0 Å². The molecular formula is C2H7NO9S2. The van der Waals surface area contributed by atoms with E-state index in [2.05, 4.69) is 9.36 Å². The Bertz CT molecular complexity index is 334. The van der Waals surface area contributed by atoms with Crippen LogP contribution in [0.3, 0.4) is 0 Å². The Hall–Kier alpha value is -0.790. The van der Waals surface area contributed by atoms with Gasteiger partial charge in [0.05, 0.1) is 6.54 Å². The van der Waals surface area contributed by atoms with Crippen LogP contribution in [-0.2, 0) is 29.2 Å². The Balaban J connectivity index is 0. The van der Waals surface area contributed by atoms with Crippen molar-refractivity contribution in [3.05, 3.63) is 0 Å². The summed E-state index contributed by atoms with van der Waals surface area (Å²) in [5, 5.41) is 7.60. The van der Waals surface area contributed by atoms with Crippen LogP contribution in [0, 0.1) is 0 Å². The Kier molecular flexibility index (Phi) is 6.54. The fourth-order valence-electron chi connectivity index (χ4n) is 0.109. The average Bonchev–Trinajstić information content (AvgIpc) is 1.80. The highest BCUT2D eigenvalue weighted by molar-refractivity contribution is 7.94. The molecule has 0 fully saturated rings. The molecule has 5 N–H and O–H groups in total. The van der Waals surface area contributed by atoms with E-state index in [1.807, 2.05) is 0 Å². The summed E-state index contributed by atoms with van der Waals surface area (Å²) >= 11 is 0. The molecule has 0 saturated carbocycles. The summed E-state index contributed by atoms with van der Waals surface area (Å²) in [6.45, 7) is -0.278. The van der Waals surface area contributed by atoms with Crippen molar-refractivity contribution < 1.29 is 39.5 Å². The van der Waals surface area contributed by atoms with Crippen molar-refractivity contribution >= 4 is 26.8 Å². The van der Waals surface area contributed by atoms with Gasteiger partial charge in [-0.05, 0) is 0 Å². The van der Waals surface area contributed by atoms with Gasteiger partial charge in [-0.2, -0.15) is 16.8 Å². The molecular weight excluding hydrogens is 246 g/mol. The Morgan fingerprint density at radius 1 is 1.14 bits per heavy atom. The third-order valence-electron chi connectivity index (χ3n) is 0.347. The number of carbonyl (C=O) groups is 1. The van der Waals surface area contributed by atoms with Gasteiger partial charge >= 0.3 is 26.8 Å². The smallest absolute Gasteiger partial charge is 0.413 e. The van der Waals surface area contributed by atoms with E-state index in [1.165, 1.54) is 0 Å². The largest absolute Gasteiger partial charge is 0.480 e. The maximum absolute atomic E-state index is 9.44. The van der Waals surface area contributed by atoms with Gasteiger partial charge in [-0.25, -0.2) is 0 Å². The van der Waals surface area contributed by atoms with Gasteiger partial charge in [0.2, 0.25) is 0 Å². The lowest BCUT2D eigenvalue weighted by Gasteiger charge is -1.89. The molecule has 0 aliphatic carbocycles. The second-order valence-corrected chi connectivity index (χ2v) is 3.78. The highest BCUT2D eigenvalue weighted by Gasteiger charge is 2.15. The van der Waals surface area contributed by atoms with Crippen LogP contribution in [0.5, 0.6) is 0 Å². The predicted molar refractivity (Wildman–Crippen MR) is 40.9 cm³/mol. The van der Waals surface area contributed by atoms with E-state index in [9.17, 15) is 21.6 Å². The number of nitrogens with two attached hydrogens (primary N) is 1.